The Morgan fingerprint density at radius 3 is 2.76 bits per heavy atom. The van der Waals surface area contributed by atoms with E-state index in [1.54, 1.807) is 31.3 Å². The third-order valence-corrected chi connectivity index (χ3v) is 4.23. The molecule has 0 saturated heterocycles. The maximum Gasteiger partial charge on any atom is 0.350 e. The van der Waals surface area contributed by atoms with Gasteiger partial charge in [-0.1, -0.05) is 13.0 Å². The van der Waals surface area contributed by atoms with Gasteiger partial charge in [0.05, 0.1) is 12.3 Å². The van der Waals surface area contributed by atoms with Gasteiger partial charge >= 0.3 is 5.69 Å². The Bertz CT molecular complexity index is 684. The molecule has 0 aliphatic carbocycles. The van der Waals surface area contributed by atoms with Gasteiger partial charge in [0.2, 0.25) is 0 Å². The molecule has 6 nitrogen and oxygen atoms in total. The number of aryl methyl sites for hydroxylation is 1. The third-order valence-electron chi connectivity index (χ3n) is 2.54. The van der Waals surface area contributed by atoms with Crippen LogP contribution in [0.25, 0.3) is 5.65 Å². The maximum absolute atomic E-state index is 11.8. The van der Waals surface area contributed by atoms with Crippen molar-refractivity contribution in [2.75, 3.05) is 11.5 Å². The summed E-state index contributed by atoms with van der Waals surface area (Å²) >= 11 is 0. The van der Waals surface area contributed by atoms with Crippen LogP contribution in [0.5, 0.6) is 0 Å². The lowest BCUT2D eigenvalue weighted by atomic mass is 10.5. The largest absolute Gasteiger partial charge is 0.350 e. The Balaban J connectivity index is 2.32. The van der Waals surface area contributed by atoms with Crippen molar-refractivity contribution in [3.8, 4) is 0 Å². The van der Waals surface area contributed by atoms with E-state index >= 15 is 0 Å². The van der Waals surface area contributed by atoms with Crippen LogP contribution in [0, 0.1) is 0 Å². The SMILES string of the molecule is CCS(=O)(=O)CCn1nc2ccccn2c1=O. The highest BCUT2D eigenvalue weighted by Gasteiger charge is 2.11. The Hall–Kier alpha value is -1.63. The molecule has 0 unspecified atom stereocenters. The van der Waals surface area contributed by atoms with Crippen molar-refractivity contribution in [2.24, 2.45) is 0 Å². The fourth-order valence-electron chi connectivity index (χ4n) is 1.48. The summed E-state index contributed by atoms with van der Waals surface area (Å²) in [5, 5.41) is 4.05. The van der Waals surface area contributed by atoms with Crippen LogP contribution in [-0.2, 0) is 16.4 Å². The van der Waals surface area contributed by atoms with Gasteiger partial charge < -0.3 is 0 Å². The maximum atomic E-state index is 11.8. The first kappa shape index (κ1) is 11.8. The summed E-state index contributed by atoms with van der Waals surface area (Å²) in [6.07, 6.45) is 1.61. The van der Waals surface area contributed by atoms with E-state index in [0.717, 1.165) is 0 Å². The first-order valence-corrected chi connectivity index (χ1v) is 7.10. The average Bonchev–Trinajstić information content (AvgIpc) is 2.65. The van der Waals surface area contributed by atoms with Gasteiger partial charge in [0, 0.05) is 11.9 Å². The van der Waals surface area contributed by atoms with Crippen LogP contribution in [0.15, 0.2) is 29.2 Å². The summed E-state index contributed by atoms with van der Waals surface area (Å²) in [5.74, 6) is 0.0163. The Labute approximate surface area is 98.4 Å². The quantitative estimate of drug-likeness (QED) is 0.766. The molecule has 2 aromatic heterocycles. The molecule has 0 spiro atoms. The molecule has 0 amide bonds. The van der Waals surface area contributed by atoms with Gasteiger partial charge in [-0.2, -0.15) is 0 Å². The number of pyridine rings is 1. The van der Waals surface area contributed by atoms with Gasteiger partial charge in [-0.15, -0.1) is 5.10 Å². The highest BCUT2D eigenvalue weighted by atomic mass is 32.2. The van der Waals surface area contributed by atoms with Crippen LogP contribution in [0.4, 0.5) is 0 Å². The van der Waals surface area contributed by atoms with Gasteiger partial charge in [0.1, 0.15) is 0 Å². The lowest BCUT2D eigenvalue weighted by Crippen LogP contribution is -2.25. The van der Waals surface area contributed by atoms with E-state index in [0.29, 0.717) is 5.65 Å². The molecule has 0 aliphatic rings. The van der Waals surface area contributed by atoms with Gasteiger partial charge in [-0.3, -0.25) is 4.40 Å². The molecule has 0 N–H and O–H groups in total. The second-order valence-corrected chi connectivity index (χ2v) is 6.14. The van der Waals surface area contributed by atoms with Crippen LogP contribution in [0.3, 0.4) is 0 Å². The standard InChI is InChI=1S/C10H13N3O3S/c1-2-17(15,16)8-7-13-10(14)12-6-4-3-5-9(12)11-13/h3-6H,2,7-8H2,1H3. The molecule has 0 saturated carbocycles. The molecule has 0 aromatic carbocycles. The lowest BCUT2D eigenvalue weighted by Gasteiger charge is -1.99. The molecule has 0 aliphatic heterocycles. The first-order valence-electron chi connectivity index (χ1n) is 5.28. The number of aromatic nitrogens is 3. The third kappa shape index (κ3) is 2.38. The Morgan fingerprint density at radius 1 is 1.35 bits per heavy atom. The summed E-state index contributed by atoms with van der Waals surface area (Å²) in [6, 6.07) is 5.20. The van der Waals surface area contributed by atoms with E-state index in [1.807, 2.05) is 0 Å². The zero-order valence-electron chi connectivity index (χ0n) is 9.41. The lowest BCUT2D eigenvalue weighted by molar-refractivity contribution is 0.577. The van der Waals surface area contributed by atoms with E-state index < -0.39 is 9.84 Å². The van der Waals surface area contributed by atoms with E-state index in [4.69, 9.17) is 0 Å². The van der Waals surface area contributed by atoms with Gasteiger partial charge in [-0.25, -0.2) is 17.9 Å². The smallest absolute Gasteiger partial charge is 0.250 e. The summed E-state index contributed by atoms with van der Waals surface area (Å²) in [4.78, 5) is 11.8. The number of rotatable bonds is 4. The minimum absolute atomic E-state index is 0.0622. The molecule has 2 heterocycles. The molecular formula is C10H13N3O3S. The minimum atomic E-state index is -3.08. The molecule has 0 atom stereocenters. The van der Waals surface area contributed by atoms with Crippen molar-refractivity contribution in [3.05, 3.63) is 34.9 Å². The highest BCUT2D eigenvalue weighted by Crippen LogP contribution is 1.96. The molecule has 0 bridgehead atoms. The number of sulfone groups is 1. The van der Waals surface area contributed by atoms with E-state index in [-0.39, 0.29) is 23.7 Å². The summed E-state index contributed by atoms with van der Waals surface area (Å²) in [6.45, 7) is 1.68. The van der Waals surface area contributed by atoms with Crippen LogP contribution in [0.2, 0.25) is 0 Å². The predicted octanol–water partition coefficient (Wildman–Crippen LogP) is -0.0693. The van der Waals surface area contributed by atoms with Gasteiger partial charge in [0.15, 0.2) is 15.5 Å². The summed E-state index contributed by atoms with van der Waals surface area (Å²) in [5.41, 5.74) is 0.207. The molecule has 7 heteroatoms. The Morgan fingerprint density at radius 2 is 2.12 bits per heavy atom. The number of hydrogen-bond acceptors (Lipinski definition) is 4. The zero-order valence-corrected chi connectivity index (χ0v) is 10.2. The molecule has 17 heavy (non-hydrogen) atoms. The normalized spacial score (nSPS) is 12.1. The van der Waals surface area contributed by atoms with Crippen LogP contribution in [-0.4, -0.2) is 34.1 Å². The van der Waals surface area contributed by atoms with Crippen molar-refractivity contribution >= 4 is 15.5 Å². The van der Waals surface area contributed by atoms with E-state index in [9.17, 15) is 13.2 Å². The molecule has 92 valence electrons. The molecule has 0 fully saturated rings. The van der Waals surface area contributed by atoms with Crippen molar-refractivity contribution in [1.29, 1.82) is 0 Å². The number of fused-ring (bicyclic) bond motifs is 1. The zero-order chi connectivity index (χ0) is 12.5. The topological polar surface area (TPSA) is 73.4 Å². The molecule has 2 rings (SSSR count). The van der Waals surface area contributed by atoms with Crippen molar-refractivity contribution in [1.82, 2.24) is 14.2 Å². The fourth-order valence-corrected chi connectivity index (χ4v) is 2.22. The average molecular weight is 255 g/mol. The minimum Gasteiger partial charge on any atom is -0.250 e. The predicted molar refractivity (Wildman–Crippen MR) is 63.8 cm³/mol. The van der Waals surface area contributed by atoms with Crippen LogP contribution >= 0.6 is 0 Å². The van der Waals surface area contributed by atoms with Crippen molar-refractivity contribution in [3.63, 3.8) is 0 Å². The second kappa shape index (κ2) is 4.33. The van der Waals surface area contributed by atoms with Crippen molar-refractivity contribution in [2.45, 2.75) is 13.5 Å². The summed E-state index contributed by atoms with van der Waals surface area (Å²) in [7, 11) is -3.08. The van der Waals surface area contributed by atoms with E-state index in [1.165, 1.54) is 9.08 Å². The fraction of sp³-hybridized carbons (Fsp3) is 0.400. The first-order chi connectivity index (χ1) is 8.03. The highest BCUT2D eigenvalue weighted by molar-refractivity contribution is 7.91. The molecule has 0 radical (unpaired) electrons. The van der Waals surface area contributed by atoms with Crippen LogP contribution < -0.4 is 5.69 Å². The van der Waals surface area contributed by atoms with Gasteiger partial charge in [0.25, 0.3) is 0 Å². The monoisotopic (exact) mass is 255 g/mol. The Kier molecular flexibility index (Phi) is 3.01. The number of hydrogen-bond donors (Lipinski definition) is 0. The van der Waals surface area contributed by atoms with E-state index in [2.05, 4.69) is 5.10 Å². The van der Waals surface area contributed by atoms with Gasteiger partial charge in [-0.05, 0) is 12.1 Å². The molecular weight excluding hydrogens is 242 g/mol. The number of nitrogens with zero attached hydrogens (tertiary/aromatic N) is 3. The summed E-state index contributed by atoms with van der Waals surface area (Å²) < 4.78 is 25.3. The molecule has 2 aromatic rings. The second-order valence-electron chi connectivity index (χ2n) is 3.67. The van der Waals surface area contributed by atoms with Crippen LogP contribution in [0.1, 0.15) is 6.92 Å². The van der Waals surface area contributed by atoms with Crippen molar-refractivity contribution < 1.29 is 8.42 Å².